The lowest BCUT2D eigenvalue weighted by Crippen LogP contribution is -2.44. The number of sulfonamides is 1. The number of carbonyl (C=O) groups excluding carboxylic acids is 1. The van der Waals surface area contributed by atoms with E-state index in [1.165, 1.54) is 0 Å². The Bertz CT molecular complexity index is 640. The van der Waals surface area contributed by atoms with Crippen LogP contribution in [0.5, 0.6) is 0 Å². The lowest BCUT2D eigenvalue weighted by atomic mass is 10.2. The molecule has 0 aliphatic rings. The van der Waals surface area contributed by atoms with Crippen LogP contribution in [0.25, 0.3) is 0 Å². The minimum absolute atomic E-state index is 0.216. The molecule has 0 radical (unpaired) electrons. The Morgan fingerprint density at radius 2 is 1.68 bits per heavy atom. The monoisotopic (exact) mass is 369 g/mol. The number of nitrogens with one attached hydrogen (secondary N) is 2. The number of benzene rings is 1. The first-order chi connectivity index (χ1) is 11.7. The zero-order chi connectivity index (χ0) is 19.0. The van der Waals surface area contributed by atoms with Crippen molar-refractivity contribution in [2.45, 2.75) is 40.7 Å². The summed E-state index contributed by atoms with van der Waals surface area (Å²) in [5.74, 6) is -1.10. The molecule has 0 spiro atoms. The van der Waals surface area contributed by atoms with Crippen molar-refractivity contribution in [3.63, 3.8) is 0 Å². The van der Waals surface area contributed by atoms with Crippen LogP contribution in [0.3, 0.4) is 0 Å². The van der Waals surface area contributed by atoms with Crippen molar-refractivity contribution in [2.75, 3.05) is 30.1 Å². The van der Waals surface area contributed by atoms with Crippen molar-refractivity contribution in [1.29, 1.82) is 0 Å². The topological polar surface area (TPSA) is 78.5 Å². The highest BCUT2D eigenvalue weighted by Gasteiger charge is 2.22. The lowest BCUT2D eigenvalue weighted by molar-refractivity contribution is -0.124. The zero-order valence-electron chi connectivity index (χ0n) is 15.9. The van der Waals surface area contributed by atoms with E-state index in [4.69, 9.17) is 0 Å². The first-order valence-corrected chi connectivity index (χ1v) is 10.4. The fourth-order valence-corrected chi connectivity index (χ4v) is 4.03. The molecule has 0 fully saturated rings. The molecule has 6 nitrogen and oxygen atoms in total. The maximum Gasteiger partial charge on any atom is 0.233 e. The first kappa shape index (κ1) is 21.4. The molecule has 0 saturated heterocycles. The fourth-order valence-electron chi connectivity index (χ4n) is 2.65. The molecule has 0 aliphatic carbocycles. The molecule has 1 aromatic carbocycles. The molecule has 1 aromatic rings. The molecule has 0 heterocycles. The molecule has 2 atom stereocenters. The van der Waals surface area contributed by atoms with Crippen molar-refractivity contribution in [1.82, 2.24) is 10.2 Å². The highest BCUT2D eigenvalue weighted by atomic mass is 32.2. The Kier molecular flexibility index (Phi) is 8.38. The number of anilines is 1. The normalized spacial score (nSPS) is 14.2. The summed E-state index contributed by atoms with van der Waals surface area (Å²) < 4.78 is 27.0. The smallest absolute Gasteiger partial charge is 0.233 e. The summed E-state index contributed by atoms with van der Waals surface area (Å²) in [6, 6.07) is 7.31. The minimum Gasteiger partial charge on any atom is -0.354 e. The first-order valence-electron chi connectivity index (χ1n) is 8.77. The maximum absolute atomic E-state index is 12.2. The van der Waals surface area contributed by atoms with E-state index in [0.29, 0.717) is 12.2 Å². The second-order valence-corrected chi connectivity index (χ2v) is 8.23. The molecule has 7 heteroatoms. The predicted octanol–water partition coefficient (Wildman–Crippen LogP) is 2.22. The van der Waals surface area contributed by atoms with E-state index >= 15 is 0 Å². The number of aryl methyl sites for hydroxylation is 1. The Balaban J connectivity index is 2.54. The Hall–Kier alpha value is -1.60. The molecular weight excluding hydrogens is 338 g/mol. The number of amides is 1. The third-order valence-corrected chi connectivity index (χ3v) is 5.73. The van der Waals surface area contributed by atoms with E-state index in [0.717, 1.165) is 18.7 Å². The van der Waals surface area contributed by atoms with Crippen LogP contribution in [0, 0.1) is 12.8 Å². The SMILES string of the molecule is CCN(CC)C(C)CNC(=O)C(C)CS(=O)(=O)Nc1ccc(C)cc1. The van der Waals surface area contributed by atoms with Gasteiger partial charge in [0.25, 0.3) is 0 Å². The largest absolute Gasteiger partial charge is 0.354 e. The summed E-state index contributed by atoms with van der Waals surface area (Å²) in [5.41, 5.74) is 1.56. The Morgan fingerprint density at radius 3 is 2.20 bits per heavy atom. The maximum atomic E-state index is 12.2. The Morgan fingerprint density at radius 1 is 1.12 bits per heavy atom. The van der Waals surface area contributed by atoms with E-state index in [2.05, 4.69) is 28.8 Å². The predicted molar refractivity (Wildman–Crippen MR) is 103 cm³/mol. The van der Waals surface area contributed by atoms with Crippen molar-refractivity contribution in [2.24, 2.45) is 5.92 Å². The third-order valence-electron chi connectivity index (χ3n) is 4.25. The van der Waals surface area contributed by atoms with Gasteiger partial charge in [0.1, 0.15) is 0 Å². The summed E-state index contributed by atoms with van der Waals surface area (Å²) >= 11 is 0. The summed E-state index contributed by atoms with van der Waals surface area (Å²) in [4.78, 5) is 14.4. The van der Waals surface area contributed by atoms with E-state index in [-0.39, 0.29) is 17.7 Å². The van der Waals surface area contributed by atoms with Crippen LogP contribution in [-0.4, -0.2) is 50.7 Å². The van der Waals surface area contributed by atoms with Crippen LogP contribution in [0.15, 0.2) is 24.3 Å². The number of likely N-dealkylation sites (N-methyl/N-ethyl adjacent to an activating group) is 1. The van der Waals surface area contributed by atoms with Crippen LogP contribution in [0.4, 0.5) is 5.69 Å². The van der Waals surface area contributed by atoms with Gasteiger partial charge in [0.05, 0.1) is 11.7 Å². The van der Waals surface area contributed by atoms with Gasteiger partial charge in [0, 0.05) is 18.3 Å². The van der Waals surface area contributed by atoms with E-state index < -0.39 is 15.9 Å². The van der Waals surface area contributed by atoms with Gasteiger partial charge in [-0.1, -0.05) is 38.5 Å². The molecule has 2 unspecified atom stereocenters. The van der Waals surface area contributed by atoms with Gasteiger partial charge in [-0.2, -0.15) is 0 Å². The quantitative estimate of drug-likeness (QED) is 0.663. The third kappa shape index (κ3) is 7.44. The molecular formula is C18H31N3O3S. The van der Waals surface area contributed by atoms with Gasteiger partial charge in [-0.3, -0.25) is 14.4 Å². The average Bonchev–Trinajstić information content (AvgIpc) is 2.55. The minimum atomic E-state index is -3.58. The van der Waals surface area contributed by atoms with E-state index in [9.17, 15) is 13.2 Å². The summed E-state index contributed by atoms with van der Waals surface area (Å²) in [5, 5.41) is 2.85. The van der Waals surface area contributed by atoms with Crippen molar-refractivity contribution < 1.29 is 13.2 Å². The van der Waals surface area contributed by atoms with Crippen LogP contribution < -0.4 is 10.0 Å². The molecule has 25 heavy (non-hydrogen) atoms. The molecule has 2 N–H and O–H groups in total. The second kappa shape index (κ2) is 9.77. The van der Waals surface area contributed by atoms with Gasteiger partial charge in [0.2, 0.25) is 15.9 Å². The number of rotatable bonds is 10. The Labute approximate surface area is 152 Å². The van der Waals surface area contributed by atoms with Crippen LogP contribution in [0.1, 0.15) is 33.3 Å². The van der Waals surface area contributed by atoms with Gasteiger partial charge in [-0.25, -0.2) is 8.42 Å². The van der Waals surface area contributed by atoms with E-state index in [1.807, 2.05) is 26.0 Å². The zero-order valence-corrected chi connectivity index (χ0v) is 16.7. The molecule has 1 rings (SSSR count). The molecule has 1 amide bonds. The van der Waals surface area contributed by atoms with Gasteiger partial charge in [-0.15, -0.1) is 0 Å². The van der Waals surface area contributed by atoms with Crippen LogP contribution in [0.2, 0.25) is 0 Å². The number of nitrogens with zero attached hydrogens (tertiary/aromatic N) is 1. The number of hydrogen-bond acceptors (Lipinski definition) is 4. The summed E-state index contributed by atoms with van der Waals surface area (Å²) in [6.07, 6.45) is 0. The van der Waals surface area contributed by atoms with Crippen molar-refractivity contribution in [3.05, 3.63) is 29.8 Å². The summed E-state index contributed by atoms with van der Waals surface area (Å²) in [7, 11) is -3.58. The molecule has 142 valence electrons. The van der Waals surface area contributed by atoms with Gasteiger partial charge in [-0.05, 0) is 39.1 Å². The number of carbonyl (C=O) groups is 1. The van der Waals surface area contributed by atoms with Gasteiger partial charge in [0.15, 0.2) is 0 Å². The average molecular weight is 370 g/mol. The number of hydrogen-bond donors (Lipinski definition) is 2. The lowest BCUT2D eigenvalue weighted by Gasteiger charge is -2.27. The van der Waals surface area contributed by atoms with E-state index in [1.54, 1.807) is 19.1 Å². The van der Waals surface area contributed by atoms with Crippen LogP contribution in [-0.2, 0) is 14.8 Å². The van der Waals surface area contributed by atoms with Crippen molar-refractivity contribution in [3.8, 4) is 0 Å². The molecule has 0 aromatic heterocycles. The fraction of sp³-hybridized carbons (Fsp3) is 0.611. The van der Waals surface area contributed by atoms with Crippen LogP contribution >= 0.6 is 0 Å². The highest BCUT2D eigenvalue weighted by molar-refractivity contribution is 7.92. The second-order valence-electron chi connectivity index (χ2n) is 6.47. The molecule has 0 saturated carbocycles. The molecule has 0 aliphatic heterocycles. The van der Waals surface area contributed by atoms with Gasteiger partial charge >= 0.3 is 0 Å². The van der Waals surface area contributed by atoms with Gasteiger partial charge < -0.3 is 5.32 Å². The van der Waals surface area contributed by atoms with Crippen molar-refractivity contribution >= 4 is 21.6 Å². The molecule has 0 bridgehead atoms. The summed E-state index contributed by atoms with van der Waals surface area (Å²) in [6.45, 7) is 12.1. The highest BCUT2D eigenvalue weighted by Crippen LogP contribution is 2.12. The standard InChI is InChI=1S/C18H31N3O3S/c1-6-21(7-2)16(5)12-19-18(22)15(4)13-25(23,24)20-17-10-8-14(3)9-11-17/h8-11,15-16,20H,6-7,12-13H2,1-5H3,(H,19,22).